The number of thiophene rings is 1. The van der Waals surface area contributed by atoms with Crippen LogP contribution in [0, 0.1) is 6.92 Å². The molecular formula is C13H14BrClN2S. The van der Waals surface area contributed by atoms with Crippen molar-refractivity contribution in [1.82, 2.24) is 5.43 Å². The van der Waals surface area contributed by atoms with Crippen LogP contribution < -0.4 is 11.3 Å². The number of hydrazine groups is 1. The SMILES string of the molecule is Cc1ccc(Br)cc1C(Cc1ccc(Cl)s1)NN. The fraction of sp³-hybridized carbons (Fsp3) is 0.231. The monoisotopic (exact) mass is 344 g/mol. The van der Waals surface area contributed by atoms with Crippen molar-refractivity contribution in [2.24, 2.45) is 5.84 Å². The first-order valence-electron chi connectivity index (χ1n) is 5.56. The summed E-state index contributed by atoms with van der Waals surface area (Å²) in [5, 5.41) is 0. The summed E-state index contributed by atoms with van der Waals surface area (Å²) in [6.07, 6.45) is 0.838. The van der Waals surface area contributed by atoms with E-state index in [1.165, 1.54) is 16.0 Å². The lowest BCUT2D eigenvalue weighted by atomic mass is 9.99. The Bertz CT molecular complexity index is 542. The van der Waals surface area contributed by atoms with Crippen LogP contribution in [0.25, 0.3) is 0 Å². The fourth-order valence-electron chi connectivity index (χ4n) is 1.91. The van der Waals surface area contributed by atoms with Crippen LogP contribution in [0.4, 0.5) is 0 Å². The predicted molar refractivity (Wildman–Crippen MR) is 82.0 cm³/mol. The van der Waals surface area contributed by atoms with Gasteiger partial charge in [0.15, 0.2) is 0 Å². The molecular weight excluding hydrogens is 332 g/mol. The molecule has 2 aromatic rings. The normalized spacial score (nSPS) is 12.7. The number of benzene rings is 1. The van der Waals surface area contributed by atoms with Gasteiger partial charge in [-0.1, -0.05) is 33.6 Å². The Balaban J connectivity index is 2.25. The molecule has 1 aromatic heterocycles. The summed E-state index contributed by atoms with van der Waals surface area (Å²) in [5.74, 6) is 5.68. The maximum absolute atomic E-state index is 5.95. The van der Waals surface area contributed by atoms with Gasteiger partial charge in [0, 0.05) is 15.8 Å². The standard InChI is InChI=1S/C13H14BrClN2S/c1-8-2-3-9(14)6-11(8)12(17-16)7-10-4-5-13(15)18-10/h2-6,12,17H,7,16H2,1H3. The zero-order valence-electron chi connectivity index (χ0n) is 9.91. The number of nitrogens with one attached hydrogen (secondary N) is 1. The van der Waals surface area contributed by atoms with Crippen LogP contribution >= 0.6 is 38.9 Å². The molecule has 0 saturated carbocycles. The van der Waals surface area contributed by atoms with Crippen molar-refractivity contribution in [1.29, 1.82) is 0 Å². The lowest BCUT2D eigenvalue weighted by molar-refractivity contribution is 0.553. The molecule has 0 radical (unpaired) electrons. The van der Waals surface area contributed by atoms with Crippen LogP contribution in [0.2, 0.25) is 4.34 Å². The number of nitrogens with two attached hydrogens (primary N) is 1. The molecule has 0 saturated heterocycles. The van der Waals surface area contributed by atoms with Gasteiger partial charge in [0.2, 0.25) is 0 Å². The summed E-state index contributed by atoms with van der Waals surface area (Å²) >= 11 is 11.0. The highest BCUT2D eigenvalue weighted by molar-refractivity contribution is 9.10. The van der Waals surface area contributed by atoms with E-state index < -0.39 is 0 Å². The zero-order valence-corrected chi connectivity index (χ0v) is 13.1. The Morgan fingerprint density at radius 3 is 2.78 bits per heavy atom. The molecule has 5 heteroatoms. The Kier molecular flexibility index (Phi) is 4.81. The Hall–Kier alpha value is -0.390. The predicted octanol–water partition coefficient (Wildman–Crippen LogP) is 4.22. The number of rotatable bonds is 4. The third kappa shape index (κ3) is 3.33. The average Bonchev–Trinajstić information content (AvgIpc) is 2.75. The van der Waals surface area contributed by atoms with Gasteiger partial charge >= 0.3 is 0 Å². The van der Waals surface area contributed by atoms with Gasteiger partial charge in [0.25, 0.3) is 0 Å². The largest absolute Gasteiger partial charge is 0.271 e. The van der Waals surface area contributed by atoms with Crippen molar-refractivity contribution in [2.75, 3.05) is 0 Å². The van der Waals surface area contributed by atoms with E-state index in [0.29, 0.717) is 0 Å². The zero-order chi connectivity index (χ0) is 13.1. The number of hydrogen-bond acceptors (Lipinski definition) is 3. The van der Waals surface area contributed by atoms with Gasteiger partial charge < -0.3 is 0 Å². The van der Waals surface area contributed by atoms with Gasteiger partial charge in [0.05, 0.1) is 10.4 Å². The summed E-state index contributed by atoms with van der Waals surface area (Å²) in [4.78, 5) is 1.22. The molecule has 1 unspecified atom stereocenters. The smallest absolute Gasteiger partial charge is 0.0931 e. The molecule has 0 spiro atoms. The molecule has 1 heterocycles. The van der Waals surface area contributed by atoms with E-state index in [1.54, 1.807) is 11.3 Å². The van der Waals surface area contributed by atoms with Crippen molar-refractivity contribution >= 4 is 38.9 Å². The second-order valence-corrected chi connectivity index (χ2v) is 6.85. The van der Waals surface area contributed by atoms with E-state index in [-0.39, 0.29) is 6.04 Å². The number of halogens is 2. The van der Waals surface area contributed by atoms with Crippen LogP contribution in [0.15, 0.2) is 34.8 Å². The van der Waals surface area contributed by atoms with Crippen LogP contribution in [-0.2, 0) is 6.42 Å². The molecule has 18 heavy (non-hydrogen) atoms. The van der Waals surface area contributed by atoms with E-state index in [9.17, 15) is 0 Å². The van der Waals surface area contributed by atoms with E-state index in [0.717, 1.165) is 15.2 Å². The number of aryl methyl sites for hydroxylation is 1. The second-order valence-electron chi connectivity index (χ2n) is 4.13. The highest BCUT2D eigenvalue weighted by atomic mass is 79.9. The maximum Gasteiger partial charge on any atom is 0.0931 e. The van der Waals surface area contributed by atoms with Gasteiger partial charge in [-0.05, 0) is 42.3 Å². The minimum Gasteiger partial charge on any atom is -0.271 e. The first-order valence-corrected chi connectivity index (χ1v) is 7.55. The third-order valence-corrected chi connectivity index (χ3v) is 4.60. The first kappa shape index (κ1) is 14.0. The van der Waals surface area contributed by atoms with E-state index in [4.69, 9.17) is 17.4 Å². The Morgan fingerprint density at radius 1 is 1.39 bits per heavy atom. The summed E-state index contributed by atoms with van der Waals surface area (Å²) in [5.41, 5.74) is 5.32. The molecule has 1 atom stereocenters. The molecule has 2 nitrogen and oxygen atoms in total. The summed E-state index contributed by atoms with van der Waals surface area (Å²) in [7, 11) is 0. The maximum atomic E-state index is 5.95. The highest BCUT2D eigenvalue weighted by Crippen LogP contribution is 2.28. The third-order valence-electron chi connectivity index (χ3n) is 2.85. The van der Waals surface area contributed by atoms with Crippen LogP contribution in [0.1, 0.15) is 22.0 Å². The van der Waals surface area contributed by atoms with Crippen molar-refractivity contribution in [3.8, 4) is 0 Å². The minimum absolute atomic E-state index is 0.0946. The van der Waals surface area contributed by atoms with Crippen LogP contribution in [-0.4, -0.2) is 0 Å². The molecule has 0 aliphatic heterocycles. The Labute approximate surface area is 124 Å². The Morgan fingerprint density at radius 2 is 2.17 bits per heavy atom. The minimum atomic E-state index is 0.0946. The van der Waals surface area contributed by atoms with Crippen molar-refractivity contribution in [3.63, 3.8) is 0 Å². The van der Waals surface area contributed by atoms with Crippen molar-refractivity contribution in [2.45, 2.75) is 19.4 Å². The highest BCUT2D eigenvalue weighted by Gasteiger charge is 2.14. The van der Waals surface area contributed by atoms with Crippen LogP contribution in [0.3, 0.4) is 0 Å². The van der Waals surface area contributed by atoms with Crippen molar-refractivity contribution < 1.29 is 0 Å². The second kappa shape index (κ2) is 6.17. The van der Waals surface area contributed by atoms with E-state index in [2.05, 4.69) is 40.4 Å². The van der Waals surface area contributed by atoms with E-state index >= 15 is 0 Å². The molecule has 0 aliphatic carbocycles. The average molecular weight is 346 g/mol. The van der Waals surface area contributed by atoms with Gasteiger partial charge in [-0.2, -0.15) is 0 Å². The van der Waals surface area contributed by atoms with Gasteiger partial charge in [-0.3, -0.25) is 11.3 Å². The molecule has 0 amide bonds. The van der Waals surface area contributed by atoms with E-state index in [1.807, 2.05) is 18.2 Å². The lowest BCUT2D eigenvalue weighted by Crippen LogP contribution is -2.29. The molecule has 2 rings (SSSR count). The summed E-state index contributed by atoms with van der Waals surface area (Å²) in [6, 6.07) is 10.3. The molecule has 0 aliphatic rings. The molecule has 0 bridgehead atoms. The molecule has 3 N–H and O–H groups in total. The topological polar surface area (TPSA) is 38.0 Å². The fourth-order valence-corrected chi connectivity index (χ4v) is 3.42. The lowest BCUT2D eigenvalue weighted by Gasteiger charge is -2.18. The molecule has 0 fully saturated rings. The van der Waals surface area contributed by atoms with Crippen LogP contribution in [0.5, 0.6) is 0 Å². The molecule has 96 valence electrons. The van der Waals surface area contributed by atoms with Gasteiger partial charge in [-0.25, -0.2) is 0 Å². The number of hydrogen-bond donors (Lipinski definition) is 2. The van der Waals surface area contributed by atoms with Crippen molar-refractivity contribution in [3.05, 3.63) is 55.1 Å². The summed E-state index contributed by atoms with van der Waals surface area (Å²) < 4.78 is 1.87. The molecule has 1 aromatic carbocycles. The first-order chi connectivity index (χ1) is 8.60. The van der Waals surface area contributed by atoms with Gasteiger partial charge in [-0.15, -0.1) is 11.3 Å². The van der Waals surface area contributed by atoms with Gasteiger partial charge in [0.1, 0.15) is 0 Å². The summed E-state index contributed by atoms with van der Waals surface area (Å²) in [6.45, 7) is 2.09. The quantitative estimate of drug-likeness (QED) is 0.643.